The van der Waals surface area contributed by atoms with Gasteiger partial charge in [-0.15, -0.1) is 0 Å². The molecule has 4 nitrogen and oxygen atoms in total. The smallest absolute Gasteiger partial charge is 0.258 e. The van der Waals surface area contributed by atoms with Crippen LogP contribution in [0.15, 0.2) is 108 Å². The van der Waals surface area contributed by atoms with E-state index in [1.165, 1.54) is 16.5 Å². The zero-order valence-electron chi connectivity index (χ0n) is 20.3. The number of aryl methyl sites for hydroxylation is 2. The van der Waals surface area contributed by atoms with Gasteiger partial charge in [-0.1, -0.05) is 78.9 Å². The van der Waals surface area contributed by atoms with Crippen LogP contribution in [0.2, 0.25) is 0 Å². The van der Waals surface area contributed by atoms with Crippen molar-refractivity contribution in [3.05, 3.63) is 130 Å². The Morgan fingerprint density at radius 3 is 2.00 bits per heavy atom. The van der Waals surface area contributed by atoms with Crippen molar-refractivity contribution < 1.29 is 0 Å². The van der Waals surface area contributed by atoms with Crippen LogP contribution in [0, 0.1) is 4.64 Å². The first-order chi connectivity index (χ1) is 16.9. The lowest BCUT2D eigenvalue weighted by atomic mass is 10.1. The Labute approximate surface area is 211 Å². The maximum atomic E-state index is 11.5. The monoisotopic (exact) mass is 479 g/mol. The summed E-state index contributed by atoms with van der Waals surface area (Å²) in [5, 5.41) is 4.14. The topological polar surface area (TPSA) is 30.2 Å². The molecule has 2 aromatic heterocycles. The van der Waals surface area contributed by atoms with E-state index in [0.29, 0.717) is 0 Å². The Balaban J connectivity index is 0.000000124. The molecule has 5 heteroatoms. The molecule has 0 fully saturated rings. The van der Waals surface area contributed by atoms with Gasteiger partial charge >= 0.3 is 0 Å². The zero-order chi connectivity index (χ0) is 24.8. The van der Waals surface area contributed by atoms with Gasteiger partial charge in [0.05, 0.1) is 0 Å². The van der Waals surface area contributed by atoms with Gasteiger partial charge in [0.15, 0.2) is 0 Å². The first-order valence-electron chi connectivity index (χ1n) is 11.5. The van der Waals surface area contributed by atoms with E-state index in [1.807, 2.05) is 60.3 Å². The minimum atomic E-state index is 0.0631. The quantitative estimate of drug-likeness (QED) is 0.236. The van der Waals surface area contributed by atoms with E-state index in [9.17, 15) is 4.79 Å². The number of hydrogen-bond acceptors (Lipinski definition) is 3. The van der Waals surface area contributed by atoms with Gasteiger partial charge in [-0.05, 0) is 52.4 Å². The molecule has 0 saturated carbocycles. The number of rotatable bonds is 0. The molecule has 0 N–H and O–H groups in total. The molecule has 0 amide bonds. The van der Waals surface area contributed by atoms with Gasteiger partial charge in [-0.2, -0.15) is 0 Å². The third-order valence-corrected chi connectivity index (χ3v) is 6.47. The molecule has 176 valence electrons. The lowest BCUT2D eigenvalue weighted by Crippen LogP contribution is -2.15. The molecule has 0 atom stereocenters. The van der Waals surface area contributed by atoms with Crippen molar-refractivity contribution >= 4 is 39.8 Å². The van der Waals surface area contributed by atoms with Gasteiger partial charge in [0.2, 0.25) is 0 Å². The maximum absolute atomic E-state index is 11.5. The van der Waals surface area contributed by atoms with Gasteiger partial charge in [0.1, 0.15) is 4.64 Å². The summed E-state index contributed by atoms with van der Waals surface area (Å²) < 4.78 is 4.44. The Morgan fingerprint density at radius 2 is 1.26 bits per heavy atom. The van der Waals surface area contributed by atoms with E-state index in [4.69, 9.17) is 12.2 Å². The van der Waals surface area contributed by atoms with E-state index < -0.39 is 0 Å². The average Bonchev–Trinajstić information content (AvgIpc) is 2.89. The van der Waals surface area contributed by atoms with Gasteiger partial charge in [-0.3, -0.25) is 4.79 Å². The molecule has 6 rings (SSSR count). The zero-order valence-corrected chi connectivity index (χ0v) is 21.1. The lowest BCUT2D eigenvalue weighted by molar-refractivity contribution is 0.448. The molecule has 3 heterocycles. The molecule has 5 aromatic rings. The highest BCUT2D eigenvalue weighted by atomic mass is 32.1. The van der Waals surface area contributed by atoms with Gasteiger partial charge in [0, 0.05) is 50.9 Å². The fourth-order valence-corrected chi connectivity index (χ4v) is 4.19. The fraction of sp³-hybridized carbons (Fsp3) is 0.133. The molecule has 35 heavy (non-hydrogen) atoms. The third-order valence-electron chi connectivity index (χ3n) is 5.96. The number of pyridine rings is 2. The van der Waals surface area contributed by atoms with Crippen molar-refractivity contribution in [2.75, 3.05) is 7.05 Å². The number of nitrogens with zero attached hydrogens (tertiary/aromatic N) is 3. The van der Waals surface area contributed by atoms with E-state index in [-0.39, 0.29) is 5.56 Å². The molecule has 0 spiro atoms. The van der Waals surface area contributed by atoms with Gasteiger partial charge in [-0.25, -0.2) is 0 Å². The molecule has 0 saturated heterocycles. The number of aromatic nitrogens is 2. The van der Waals surface area contributed by atoms with Gasteiger partial charge in [0.25, 0.3) is 5.56 Å². The van der Waals surface area contributed by atoms with Crippen molar-refractivity contribution in [3.8, 4) is 0 Å². The summed E-state index contributed by atoms with van der Waals surface area (Å²) >= 11 is 5.26. The van der Waals surface area contributed by atoms with Crippen LogP contribution in [-0.4, -0.2) is 21.1 Å². The first kappa shape index (κ1) is 24.2. The van der Waals surface area contributed by atoms with E-state index >= 15 is 0 Å². The van der Waals surface area contributed by atoms with Crippen LogP contribution in [-0.2, 0) is 20.6 Å². The number of benzene rings is 3. The van der Waals surface area contributed by atoms with Crippen LogP contribution in [0.25, 0.3) is 27.6 Å². The fourth-order valence-electron chi connectivity index (χ4n) is 3.94. The summed E-state index contributed by atoms with van der Waals surface area (Å²) in [4.78, 5) is 13.7. The second-order valence-electron chi connectivity index (χ2n) is 8.57. The maximum Gasteiger partial charge on any atom is 0.258 e. The predicted molar refractivity (Wildman–Crippen MR) is 150 cm³/mol. The van der Waals surface area contributed by atoms with Crippen molar-refractivity contribution in [3.63, 3.8) is 0 Å². The second kappa shape index (κ2) is 11.0. The number of fused-ring (bicyclic) bond motifs is 3. The largest absolute Gasteiger partial charge is 0.376 e. The molecule has 0 bridgehead atoms. The normalized spacial score (nSPS) is 11.8. The molecule has 3 aromatic carbocycles. The van der Waals surface area contributed by atoms with Crippen LogP contribution < -0.4 is 5.56 Å². The van der Waals surface area contributed by atoms with Crippen LogP contribution in [0.3, 0.4) is 0 Å². The average molecular weight is 480 g/mol. The Bertz CT molecular complexity index is 1520. The second-order valence-corrected chi connectivity index (χ2v) is 8.95. The Kier molecular flexibility index (Phi) is 7.58. The highest BCUT2D eigenvalue weighted by Gasteiger charge is 2.04. The Hall–Kier alpha value is -3.96. The third kappa shape index (κ3) is 5.76. The molecule has 0 unspecified atom stereocenters. The number of hydrogen-bond donors (Lipinski definition) is 0. The van der Waals surface area contributed by atoms with E-state index in [1.54, 1.807) is 17.8 Å². The standard InChI is InChI=1S/C10H9NO.C10H9NS.C10H11N/c2*1-11-7-6-8-4-2-3-5-9(8)10(11)12;1-11-7-6-9-4-2-3-5-10(9)8-11/h2*2-7H,1H3;2-7H,8H2,1H3. The van der Waals surface area contributed by atoms with E-state index in [0.717, 1.165) is 27.3 Å². The summed E-state index contributed by atoms with van der Waals surface area (Å²) in [6.07, 6.45) is 8.04. The lowest BCUT2D eigenvalue weighted by Gasteiger charge is -2.20. The minimum absolute atomic E-state index is 0.0631. The van der Waals surface area contributed by atoms with Crippen molar-refractivity contribution in [1.82, 2.24) is 14.0 Å². The molecule has 1 aliphatic heterocycles. The summed E-state index contributed by atoms with van der Waals surface area (Å²) in [5.41, 5.74) is 2.83. The summed E-state index contributed by atoms with van der Waals surface area (Å²) in [6.45, 7) is 1.03. The van der Waals surface area contributed by atoms with Crippen LogP contribution in [0.5, 0.6) is 0 Å². The molecule has 1 aliphatic rings. The Morgan fingerprint density at radius 1 is 0.686 bits per heavy atom. The molecule has 0 radical (unpaired) electrons. The van der Waals surface area contributed by atoms with Crippen molar-refractivity contribution in [1.29, 1.82) is 0 Å². The van der Waals surface area contributed by atoms with E-state index in [2.05, 4.69) is 66.7 Å². The minimum Gasteiger partial charge on any atom is -0.376 e. The summed E-state index contributed by atoms with van der Waals surface area (Å²) in [7, 11) is 5.82. The SMILES string of the molecule is CN1C=Cc2ccccc2C1.Cn1ccc2ccccc2c1=O.Cn1ccc2ccccc2c1=S. The summed E-state index contributed by atoms with van der Waals surface area (Å²) in [6, 6.07) is 28.3. The van der Waals surface area contributed by atoms with Crippen molar-refractivity contribution in [2.24, 2.45) is 14.1 Å². The van der Waals surface area contributed by atoms with Crippen LogP contribution in [0.4, 0.5) is 0 Å². The van der Waals surface area contributed by atoms with Crippen LogP contribution >= 0.6 is 12.2 Å². The summed E-state index contributed by atoms with van der Waals surface area (Å²) in [5.74, 6) is 0. The molecule has 0 aliphatic carbocycles. The van der Waals surface area contributed by atoms with Crippen LogP contribution in [0.1, 0.15) is 11.1 Å². The highest BCUT2D eigenvalue weighted by molar-refractivity contribution is 7.71. The molecular formula is C30H29N3OS. The van der Waals surface area contributed by atoms with Gasteiger partial charge < -0.3 is 14.0 Å². The highest BCUT2D eigenvalue weighted by Crippen LogP contribution is 2.17. The van der Waals surface area contributed by atoms with Crippen molar-refractivity contribution in [2.45, 2.75) is 6.54 Å². The predicted octanol–water partition coefficient (Wildman–Crippen LogP) is 6.55. The first-order valence-corrected chi connectivity index (χ1v) is 11.9. The molecular weight excluding hydrogens is 450 g/mol.